The molecule has 0 spiro atoms. The van der Waals surface area contributed by atoms with E-state index in [4.69, 9.17) is 19.3 Å². The van der Waals surface area contributed by atoms with Crippen molar-refractivity contribution in [2.24, 2.45) is 11.0 Å². The maximum absolute atomic E-state index is 12.9. The molecule has 2 atom stereocenters. The van der Waals surface area contributed by atoms with E-state index in [9.17, 15) is 9.59 Å². The van der Waals surface area contributed by atoms with Crippen LogP contribution in [-0.4, -0.2) is 43.4 Å². The van der Waals surface area contributed by atoms with Gasteiger partial charge in [-0.2, -0.15) is 5.10 Å². The van der Waals surface area contributed by atoms with Gasteiger partial charge in [0, 0.05) is 18.4 Å². The summed E-state index contributed by atoms with van der Waals surface area (Å²) in [6.07, 6.45) is 1.76. The van der Waals surface area contributed by atoms with Gasteiger partial charge in [0.25, 0.3) is 5.91 Å². The van der Waals surface area contributed by atoms with E-state index in [0.29, 0.717) is 0 Å². The molecule has 0 unspecified atom stereocenters. The lowest BCUT2D eigenvalue weighted by Crippen LogP contribution is -2.34. The van der Waals surface area contributed by atoms with E-state index in [-0.39, 0.29) is 24.5 Å². The number of hydrogen-bond acceptors (Lipinski definition) is 6. The predicted molar refractivity (Wildman–Crippen MR) is 111 cm³/mol. The van der Waals surface area contributed by atoms with Gasteiger partial charge in [0.1, 0.15) is 11.5 Å². The largest absolute Gasteiger partial charge is 0.497 e. The van der Waals surface area contributed by atoms with Crippen LogP contribution >= 0.6 is 0 Å². The summed E-state index contributed by atoms with van der Waals surface area (Å²) in [6.45, 7) is 0.947. The summed E-state index contributed by atoms with van der Waals surface area (Å²) in [7, 11) is 3.25. The Kier molecular flexibility index (Phi) is 5.44. The molecule has 7 nitrogen and oxygen atoms in total. The summed E-state index contributed by atoms with van der Waals surface area (Å²) >= 11 is 0. The lowest BCUT2D eigenvalue weighted by Gasteiger charge is -2.29. The van der Waals surface area contributed by atoms with E-state index in [1.807, 2.05) is 36.4 Å². The van der Waals surface area contributed by atoms with Crippen LogP contribution in [-0.2, 0) is 20.7 Å². The number of nitrogens with zero attached hydrogens (tertiary/aromatic N) is 2. The molecule has 4 rings (SSSR count). The van der Waals surface area contributed by atoms with Crippen LogP contribution in [0.5, 0.6) is 11.5 Å². The third kappa shape index (κ3) is 3.63. The van der Waals surface area contributed by atoms with E-state index in [0.717, 1.165) is 41.2 Å². The fourth-order valence-corrected chi connectivity index (χ4v) is 4.19. The van der Waals surface area contributed by atoms with Gasteiger partial charge < -0.3 is 14.2 Å². The summed E-state index contributed by atoms with van der Waals surface area (Å²) in [4.78, 5) is 24.1. The van der Waals surface area contributed by atoms with Crippen molar-refractivity contribution < 1.29 is 23.8 Å². The number of esters is 1. The minimum absolute atomic E-state index is 0.0410. The average Bonchev–Trinajstić information content (AvgIpc) is 3.17. The van der Waals surface area contributed by atoms with Crippen LogP contribution < -0.4 is 9.47 Å². The number of methoxy groups -OCH3 is 2. The molecule has 0 saturated carbocycles. The van der Waals surface area contributed by atoms with Crippen LogP contribution in [0, 0.1) is 5.92 Å². The van der Waals surface area contributed by atoms with Crippen molar-refractivity contribution in [3.63, 3.8) is 0 Å². The van der Waals surface area contributed by atoms with Gasteiger partial charge in [-0.25, -0.2) is 5.01 Å². The second-order valence-electron chi connectivity index (χ2n) is 7.39. The lowest BCUT2D eigenvalue weighted by molar-refractivity contribution is -0.151. The fraction of sp³-hybridized carbons (Fsp3) is 0.348. The number of rotatable bonds is 5. The molecule has 30 heavy (non-hydrogen) atoms. The number of ether oxygens (including phenoxy) is 3. The topological polar surface area (TPSA) is 77.4 Å². The Morgan fingerprint density at radius 3 is 2.43 bits per heavy atom. The standard InChI is InChI=1S/C23H24N2O5/c1-14(26)30-13-21(27)25-23(16-5-8-17(28-2)9-6-16)19-11-7-15-4-10-18(29-3)12-20(15)22(19)24-25/h4-6,8-10,12,19,23H,7,11,13H2,1-3H3/t19-,23-/m0/s1. The number of benzene rings is 2. The van der Waals surface area contributed by atoms with Gasteiger partial charge >= 0.3 is 5.97 Å². The Morgan fingerprint density at radius 1 is 1.07 bits per heavy atom. The van der Waals surface area contributed by atoms with Crippen LogP contribution in [0.15, 0.2) is 47.6 Å². The van der Waals surface area contributed by atoms with Crippen molar-refractivity contribution in [2.75, 3.05) is 20.8 Å². The first-order valence-corrected chi connectivity index (χ1v) is 9.87. The van der Waals surface area contributed by atoms with Crippen molar-refractivity contribution in [3.8, 4) is 11.5 Å². The summed E-state index contributed by atoms with van der Waals surface area (Å²) in [5.74, 6) is 0.692. The zero-order valence-electron chi connectivity index (χ0n) is 17.3. The Bertz CT molecular complexity index is 999. The SMILES string of the molecule is COc1ccc([C@H]2[C@H]3CCc4ccc(OC)cc4C3=NN2C(=O)COC(C)=O)cc1. The smallest absolute Gasteiger partial charge is 0.303 e. The van der Waals surface area contributed by atoms with Gasteiger partial charge in [-0.1, -0.05) is 18.2 Å². The number of amides is 1. The van der Waals surface area contributed by atoms with E-state index < -0.39 is 5.97 Å². The number of carbonyl (C=O) groups is 2. The number of hydrazone groups is 1. The summed E-state index contributed by atoms with van der Waals surface area (Å²) in [6, 6.07) is 13.4. The number of aryl methyl sites for hydroxylation is 1. The highest BCUT2D eigenvalue weighted by Crippen LogP contribution is 2.44. The van der Waals surface area contributed by atoms with Gasteiger partial charge in [0.2, 0.25) is 0 Å². The van der Waals surface area contributed by atoms with Crippen LogP contribution in [0.4, 0.5) is 0 Å². The van der Waals surface area contributed by atoms with Crippen LogP contribution in [0.2, 0.25) is 0 Å². The van der Waals surface area contributed by atoms with E-state index in [1.54, 1.807) is 14.2 Å². The minimum Gasteiger partial charge on any atom is -0.497 e. The molecule has 156 valence electrons. The first-order valence-electron chi connectivity index (χ1n) is 9.87. The van der Waals surface area contributed by atoms with Gasteiger partial charge in [-0.15, -0.1) is 0 Å². The summed E-state index contributed by atoms with van der Waals surface area (Å²) in [5.41, 5.74) is 4.02. The fourth-order valence-electron chi connectivity index (χ4n) is 4.19. The molecule has 1 heterocycles. The first kappa shape index (κ1) is 19.9. The van der Waals surface area contributed by atoms with Crippen molar-refractivity contribution in [1.29, 1.82) is 0 Å². The molecule has 1 aliphatic heterocycles. The molecule has 0 radical (unpaired) electrons. The molecule has 2 aromatic rings. The van der Waals surface area contributed by atoms with Crippen molar-refractivity contribution in [1.82, 2.24) is 5.01 Å². The molecular formula is C23H24N2O5. The molecule has 0 saturated heterocycles. The summed E-state index contributed by atoms with van der Waals surface area (Å²) < 4.78 is 15.6. The minimum atomic E-state index is -0.497. The molecule has 7 heteroatoms. The zero-order valence-corrected chi connectivity index (χ0v) is 17.3. The Hall–Kier alpha value is -3.35. The van der Waals surface area contributed by atoms with E-state index in [1.165, 1.54) is 17.5 Å². The molecular weight excluding hydrogens is 384 g/mol. The molecule has 0 bridgehead atoms. The number of carbonyl (C=O) groups excluding carboxylic acids is 2. The molecule has 0 aromatic heterocycles. The highest BCUT2D eigenvalue weighted by molar-refractivity contribution is 6.07. The lowest BCUT2D eigenvalue weighted by atomic mass is 9.77. The number of fused-ring (bicyclic) bond motifs is 3. The normalized spacial score (nSPS) is 19.4. The third-order valence-corrected chi connectivity index (χ3v) is 5.64. The van der Waals surface area contributed by atoms with Crippen molar-refractivity contribution >= 4 is 17.6 Å². The van der Waals surface area contributed by atoms with Crippen molar-refractivity contribution in [2.45, 2.75) is 25.8 Å². The van der Waals surface area contributed by atoms with Gasteiger partial charge in [0.15, 0.2) is 6.61 Å². The average molecular weight is 408 g/mol. The van der Waals surface area contributed by atoms with Crippen molar-refractivity contribution in [3.05, 3.63) is 59.2 Å². The maximum atomic E-state index is 12.9. The van der Waals surface area contributed by atoms with Crippen LogP contribution in [0.3, 0.4) is 0 Å². The van der Waals surface area contributed by atoms with E-state index in [2.05, 4.69) is 6.07 Å². The molecule has 0 fully saturated rings. The quantitative estimate of drug-likeness (QED) is 0.711. The molecule has 1 aliphatic carbocycles. The van der Waals surface area contributed by atoms with Gasteiger partial charge in [0.05, 0.1) is 26.0 Å². The first-order chi connectivity index (χ1) is 14.5. The van der Waals surface area contributed by atoms with Gasteiger partial charge in [-0.05, 0) is 48.2 Å². The third-order valence-electron chi connectivity index (χ3n) is 5.64. The van der Waals surface area contributed by atoms with E-state index >= 15 is 0 Å². The molecule has 2 aliphatic rings. The highest BCUT2D eigenvalue weighted by atomic mass is 16.5. The molecule has 2 aromatic carbocycles. The Labute approximate surface area is 175 Å². The van der Waals surface area contributed by atoms with Gasteiger partial charge in [-0.3, -0.25) is 9.59 Å². The number of hydrogen-bond donors (Lipinski definition) is 0. The Balaban J connectivity index is 1.74. The highest BCUT2D eigenvalue weighted by Gasteiger charge is 2.44. The second-order valence-corrected chi connectivity index (χ2v) is 7.39. The molecule has 0 N–H and O–H groups in total. The summed E-state index contributed by atoms with van der Waals surface area (Å²) in [5, 5.41) is 6.20. The molecule has 1 amide bonds. The van der Waals surface area contributed by atoms with Crippen LogP contribution in [0.1, 0.15) is 36.1 Å². The Morgan fingerprint density at radius 2 is 1.77 bits per heavy atom. The maximum Gasteiger partial charge on any atom is 0.303 e. The zero-order chi connectivity index (χ0) is 21.3. The van der Waals surface area contributed by atoms with Crippen LogP contribution in [0.25, 0.3) is 0 Å². The second kappa shape index (κ2) is 8.18. The predicted octanol–water partition coefficient (Wildman–Crippen LogP) is 3.12. The monoisotopic (exact) mass is 408 g/mol.